The highest BCUT2D eigenvalue weighted by Crippen LogP contribution is 2.39. The van der Waals surface area contributed by atoms with E-state index in [-0.39, 0.29) is 18.6 Å². The fraction of sp³-hybridized carbons (Fsp3) is 1.00. The Balaban J connectivity index is 2.59. The molecule has 1 heterocycles. The molecule has 9 heavy (non-hydrogen) atoms. The van der Waals surface area contributed by atoms with Gasteiger partial charge < -0.3 is 4.74 Å². The second kappa shape index (κ2) is 1.69. The summed E-state index contributed by atoms with van der Waals surface area (Å²) < 4.78 is 18.1. The predicted octanol–water partition coefficient (Wildman–Crippen LogP) is 1.77. The van der Waals surface area contributed by atoms with E-state index in [2.05, 4.69) is 0 Å². The Kier molecular flexibility index (Phi) is 1.31. The number of hydrogen-bond acceptors (Lipinski definition) is 1. The quantitative estimate of drug-likeness (QED) is 0.488. The minimum atomic E-state index is -1.06. The SMILES string of the molecule is CC(C)(C)C1(F)COC1. The third kappa shape index (κ3) is 0.960. The number of rotatable bonds is 0. The summed E-state index contributed by atoms with van der Waals surface area (Å²) in [7, 11) is 0. The van der Waals surface area contributed by atoms with Crippen LogP contribution in [0.3, 0.4) is 0 Å². The van der Waals surface area contributed by atoms with Gasteiger partial charge in [-0.2, -0.15) is 0 Å². The van der Waals surface area contributed by atoms with Gasteiger partial charge in [0.25, 0.3) is 0 Å². The van der Waals surface area contributed by atoms with Gasteiger partial charge in [0.1, 0.15) is 0 Å². The van der Waals surface area contributed by atoms with Crippen LogP contribution in [-0.4, -0.2) is 18.9 Å². The second-order valence-corrected chi connectivity index (χ2v) is 3.71. The van der Waals surface area contributed by atoms with Gasteiger partial charge in [0.15, 0.2) is 5.67 Å². The van der Waals surface area contributed by atoms with Gasteiger partial charge in [-0.05, 0) is 0 Å². The van der Waals surface area contributed by atoms with Crippen molar-refractivity contribution in [3.63, 3.8) is 0 Å². The van der Waals surface area contributed by atoms with E-state index in [0.717, 1.165) is 0 Å². The van der Waals surface area contributed by atoms with Crippen LogP contribution in [0.1, 0.15) is 20.8 Å². The molecule has 1 rings (SSSR count). The Hall–Kier alpha value is -0.110. The fourth-order valence-corrected chi connectivity index (χ4v) is 0.714. The Bertz CT molecular complexity index is 111. The van der Waals surface area contributed by atoms with E-state index in [1.165, 1.54) is 0 Å². The van der Waals surface area contributed by atoms with E-state index in [1.54, 1.807) is 0 Å². The summed E-state index contributed by atoms with van der Waals surface area (Å²) in [5.41, 5.74) is -1.32. The molecule has 1 aliphatic rings. The highest BCUT2D eigenvalue weighted by atomic mass is 19.1. The molecule has 0 aromatic carbocycles. The van der Waals surface area contributed by atoms with Gasteiger partial charge >= 0.3 is 0 Å². The molecular formula is C7H13FO. The van der Waals surface area contributed by atoms with Crippen LogP contribution in [0.5, 0.6) is 0 Å². The summed E-state index contributed by atoms with van der Waals surface area (Å²) in [5, 5.41) is 0. The minimum absolute atomic E-state index is 0.259. The first-order valence-corrected chi connectivity index (χ1v) is 3.22. The molecule has 0 amide bonds. The third-order valence-corrected chi connectivity index (χ3v) is 2.01. The largest absolute Gasteiger partial charge is 0.375 e. The molecule has 54 valence electrons. The van der Waals surface area contributed by atoms with Crippen molar-refractivity contribution in [3.05, 3.63) is 0 Å². The smallest absolute Gasteiger partial charge is 0.162 e. The molecule has 0 aromatic heterocycles. The van der Waals surface area contributed by atoms with Gasteiger partial charge in [-0.3, -0.25) is 0 Å². The zero-order valence-electron chi connectivity index (χ0n) is 6.20. The summed E-state index contributed by atoms with van der Waals surface area (Å²) in [6.07, 6.45) is 0. The molecule has 1 fully saturated rings. The first-order chi connectivity index (χ1) is 3.96. The average molecular weight is 132 g/mol. The molecule has 1 nitrogen and oxygen atoms in total. The van der Waals surface area contributed by atoms with Crippen molar-refractivity contribution in [1.82, 2.24) is 0 Å². The van der Waals surface area contributed by atoms with E-state index in [0.29, 0.717) is 0 Å². The fourth-order valence-electron chi connectivity index (χ4n) is 0.714. The molecule has 0 aliphatic carbocycles. The number of halogens is 1. The molecule has 0 radical (unpaired) electrons. The predicted molar refractivity (Wildman–Crippen MR) is 34.1 cm³/mol. The maximum absolute atomic E-state index is 13.3. The second-order valence-electron chi connectivity index (χ2n) is 3.71. The molecule has 0 unspecified atom stereocenters. The van der Waals surface area contributed by atoms with Crippen molar-refractivity contribution >= 4 is 0 Å². The van der Waals surface area contributed by atoms with Crippen LogP contribution in [0, 0.1) is 5.41 Å². The lowest BCUT2D eigenvalue weighted by Gasteiger charge is -2.43. The summed E-state index contributed by atoms with van der Waals surface area (Å²) in [6, 6.07) is 0. The van der Waals surface area contributed by atoms with Crippen molar-refractivity contribution in [2.45, 2.75) is 26.4 Å². The van der Waals surface area contributed by atoms with E-state index >= 15 is 0 Å². The zero-order valence-corrected chi connectivity index (χ0v) is 6.20. The molecular weight excluding hydrogens is 119 g/mol. The van der Waals surface area contributed by atoms with Crippen molar-refractivity contribution in [1.29, 1.82) is 0 Å². The van der Waals surface area contributed by atoms with E-state index in [9.17, 15) is 4.39 Å². The molecule has 2 heteroatoms. The van der Waals surface area contributed by atoms with E-state index in [4.69, 9.17) is 4.74 Å². The first-order valence-electron chi connectivity index (χ1n) is 3.22. The Morgan fingerprint density at radius 1 is 1.33 bits per heavy atom. The monoisotopic (exact) mass is 132 g/mol. The summed E-state index contributed by atoms with van der Waals surface area (Å²) >= 11 is 0. The molecule has 0 spiro atoms. The van der Waals surface area contributed by atoms with Crippen LogP contribution in [0.4, 0.5) is 4.39 Å². The van der Waals surface area contributed by atoms with Gasteiger partial charge in [-0.15, -0.1) is 0 Å². The van der Waals surface area contributed by atoms with Crippen molar-refractivity contribution in [3.8, 4) is 0 Å². The molecule has 0 saturated carbocycles. The highest BCUT2D eigenvalue weighted by Gasteiger charge is 2.48. The first kappa shape index (κ1) is 7.00. The molecule has 1 saturated heterocycles. The lowest BCUT2D eigenvalue weighted by atomic mass is 9.77. The normalized spacial score (nSPS) is 25.3. The number of alkyl halides is 1. The average Bonchev–Trinajstić information content (AvgIpc) is 1.57. The Morgan fingerprint density at radius 3 is 1.78 bits per heavy atom. The summed E-state index contributed by atoms with van der Waals surface area (Å²) in [6.45, 7) is 6.24. The van der Waals surface area contributed by atoms with Crippen LogP contribution < -0.4 is 0 Å². The van der Waals surface area contributed by atoms with Crippen LogP contribution in [0.25, 0.3) is 0 Å². The van der Waals surface area contributed by atoms with Crippen molar-refractivity contribution in [2.24, 2.45) is 5.41 Å². The highest BCUT2D eigenvalue weighted by molar-refractivity contribution is 4.96. The molecule has 0 bridgehead atoms. The summed E-state index contributed by atoms with van der Waals surface area (Å²) in [4.78, 5) is 0. The molecule has 1 aliphatic heterocycles. The third-order valence-electron chi connectivity index (χ3n) is 2.01. The Morgan fingerprint density at radius 2 is 1.78 bits per heavy atom. The van der Waals surface area contributed by atoms with Crippen LogP contribution >= 0.6 is 0 Å². The summed E-state index contributed by atoms with van der Waals surface area (Å²) in [5.74, 6) is 0. The molecule has 0 N–H and O–H groups in total. The van der Waals surface area contributed by atoms with E-state index in [1.807, 2.05) is 20.8 Å². The molecule has 0 aromatic rings. The van der Waals surface area contributed by atoms with Gasteiger partial charge in [0, 0.05) is 5.41 Å². The van der Waals surface area contributed by atoms with Gasteiger partial charge in [0.2, 0.25) is 0 Å². The van der Waals surface area contributed by atoms with Gasteiger partial charge in [0.05, 0.1) is 13.2 Å². The van der Waals surface area contributed by atoms with Gasteiger partial charge in [-0.1, -0.05) is 20.8 Å². The van der Waals surface area contributed by atoms with Crippen molar-refractivity contribution < 1.29 is 9.13 Å². The standard InChI is InChI=1S/C7H13FO/c1-6(2,3)7(8)4-9-5-7/h4-5H2,1-3H3. The van der Waals surface area contributed by atoms with Crippen molar-refractivity contribution in [2.75, 3.05) is 13.2 Å². The van der Waals surface area contributed by atoms with Gasteiger partial charge in [-0.25, -0.2) is 4.39 Å². The molecule has 0 atom stereocenters. The lowest BCUT2D eigenvalue weighted by Crippen LogP contribution is -2.54. The zero-order chi connectivity index (χ0) is 7.12. The number of ether oxygens (including phenoxy) is 1. The maximum atomic E-state index is 13.3. The topological polar surface area (TPSA) is 9.23 Å². The Labute approximate surface area is 55.2 Å². The lowest BCUT2D eigenvalue weighted by molar-refractivity contribution is -0.182. The minimum Gasteiger partial charge on any atom is -0.375 e. The number of hydrogen-bond donors (Lipinski definition) is 0. The van der Waals surface area contributed by atoms with E-state index < -0.39 is 5.67 Å². The van der Waals surface area contributed by atoms with Crippen LogP contribution in [0.15, 0.2) is 0 Å². The van der Waals surface area contributed by atoms with Crippen LogP contribution in [0.2, 0.25) is 0 Å². The maximum Gasteiger partial charge on any atom is 0.162 e. The van der Waals surface area contributed by atoms with Crippen LogP contribution in [-0.2, 0) is 4.74 Å².